The molecule has 1 heterocycles. The number of rotatable bonds is 3. The minimum atomic E-state index is -1.21. The van der Waals surface area contributed by atoms with Gasteiger partial charge < -0.3 is 9.67 Å². The molecule has 0 aliphatic rings. The second kappa shape index (κ2) is 5.74. The molecule has 0 saturated carbocycles. The first-order valence-corrected chi connectivity index (χ1v) is 6.88. The zero-order valence-electron chi connectivity index (χ0n) is 12.1. The van der Waals surface area contributed by atoms with Gasteiger partial charge in [-0.25, -0.2) is 4.79 Å². The van der Waals surface area contributed by atoms with Gasteiger partial charge in [0.25, 0.3) is 5.56 Å². The summed E-state index contributed by atoms with van der Waals surface area (Å²) < 4.78 is 1.44. The number of carbonyl (C=O) groups is 1. The summed E-state index contributed by atoms with van der Waals surface area (Å²) in [5, 5.41) is 9.75. The fourth-order valence-electron chi connectivity index (χ4n) is 2.33. The van der Waals surface area contributed by atoms with E-state index in [0.717, 1.165) is 11.1 Å². The molecule has 5 heteroatoms. The maximum Gasteiger partial charge on any atom is 0.341 e. The predicted molar refractivity (Wildman–Crippen MR) is 82.4 cm³/mol. The zero-order chi connectivity index (χ0) is 15.7. The van der Waals surface area contributed by atoms with Crippen molar-refractivity contribution in [3.8, 4) is 0 Å². The smallest absolute Gasteiger partial charge is 0.341 e. The van der Waals surface area contributed by atoms with Crippen LogP contribution in [0.5, 0.6) is 0 Å². The van der Waals surface area contributed by atoms with E-state index in [1.54, 1.807) is 19.9 Å². The summed E-state index contributed by atoms with van der Waals surface area (Å²) in [6.07, 6.45) is 0. The number of carboxylic acid groups (broad SMARTS) is 1. The largest absolute Gasteiger partial charge is 0.477 e. The molecule has 1 N–H and O–H groups in total. The van der Waals surface area contributed by atoms with Gasteiger partial charge in [0.2, 0.25) is 0 Å². The molecule has 0 bridgehead atoms. The molecule has 2 rings (SSSR count). The van der Waals surface area contributed by atoms with Gasteiger partial charge in [0, 0.05) is 10.7 Å². The Morgan fingerprint density at radius 2 is 1.90 bits per heavy atom. The van der Waals surface area contributed by atoms with Crippen molar-refractivity contribution in [2.45, 2.75) is 27.3 Å². The molecule has 2 aromatic rings. The quantitative estimate of drug-likeness (QED) is 0.947. The first-order chi connectivity index (χ1) is 9.81. The molecule has 1 aromatic carbocycles. The maximum absolute atomic E-state index is 12.4. The van der Waals surface area contributed by atoms with E-state index in [0.29, 0.717) is 16.3 Å². The molecule has 0 saturated heterocycles. The number of aryl methyl sites for hydroxylation is 3. The highest BCUT2D eigenvalue weighted by Gasteiger charge is 2.17. The summed E-state index contributed by atoms with van der Waals surface area (Å²) in [6, 6.07) is 7.29. The van der Waals surface area contributed by atoms with Gasteiger partial charge in [0.1, 0.15) is 5.56 Å². The van der Waals surface area contributed by atoms with Crippen molar-refractivity contribution >= 4 is 17.6 Å². The maximum atomic E-state index is 12.4. The van der Waals surface area contributed by atoms with E-state index < -0.39 is 11.5 Å². The van der Waals surface area contributed by atoms with Gasteiger partial charge in [-0.15, -0.1) is 0 Å². The minimum absolute atomic E-state index is 0.191. The molecule has 21 heavy (non-hydrogen) atoms. The van der Waals surface area contributed by atoms with Gasteiger partial charge in [-0.3, -0.25) is 4.79 Å². The third kappa shape index (κ3) is 3.00. The molecule has 0 amide bonds. The highest BCUT2D eigenvalue weighted by atomic mass is 35.5. The van der Waals surface area contributed by atoms with Crippen LogP contribution in [0, 0.1) is 20.8 Å². The van der Waals surface area contributed by atoms with Crippen LogP contribution in [0.1, 0.15) is 32.7 Å². The zero-order valence-corrected chi connectivity index (χ0v) is 12.9. The van der Waals surface area contributed by atoms with Crippen LogP contribution in [0.3, 0.4) is 0 Å². The summed E-state index contributed by atoms with van der Waals surface area (Å²) in [5.41, 5.74) is 2.30. The topological polar surface area (TPSA) is 59.3 Å². The van der Waals surface area contributed by atoms with Crippen molar-refractivity contribution in [2.75, 3.05) is 0 Å². The highest BCUT2D eigenvalue weighted by molar-refractivity contribution is 6.31. The normalized spacial score (nSPS) is 10.7. The lowest BCUT2D eigenvalue weighted by Gasteiger charge is -2.14. The Morgan fingerprint density at radius 3 is 2.48 bits per heavy atom. The molecule has 0 unspecified atom stereocenters. The van der Waals surface area contributed by atoms with Gasteiger partial charge in [0.15, 0.2) is 0 Å². The Kier molecular flexibility index (Phi) is 4.19. The first-order valence-electron chi connectivity index (χ1n) is 6.50. The van der Waals surface area contributed by atoms with E-state index in [-0.39, 0.29) is 12.1 Å². The lowest BCUT2D eigenvalue weighted by molar-refractivity contribution is 0.0693. The SMILES string of the molecule is Cc1ccc(Cn2c(C)cc(C)c(C(=O)O)c2=O)c(Cl)c1. The summed E-state index contributed by atoms with van der Waals surface area (Å²) in [6.45, 7) is 5.59. The summed E-state index contributed by atoms with van der Waals surface area (Å²) >= 11 is 6.19. The number of hydrogen-bond donors (Lipinski definition) is 1. The molecule has 0 spiro atoms. The minimum Gasteiger partial charge on any atom is -0.477 e. The van der Waals surface area contributed by atoms with Crippen molar-refractivity contribution in [3.05, 3.63) is 67.6 Å². The van der Waals surface area contributed by atoms with Crippen molar-refractivity contribution in [1.82, 2.24) is 4.57 Å². The van der Waals surface area contributed by atoms with E-state index in [1.807, 2.05) is 25.1 Å². The van der Waals surface area contributed by atoms with Crippen LogP contribution >= 0.6 is 11.6 Å². The number of nitrogens with zero attached hydrogens (tertiary/aromatic N) is 1. The average Bonchev–Trinajstić information content (AvgIpc) is 2.35. The van der Waals surface area contributed by atoms with E-state index in [1.165, 1.54) is 4.57 Å². The van der Waals surface area contributed by atoms with Crippen molar-refractivity contribution in [1.29, 1.82) is 0 Å². The van der Waals surface area contributed by atoms with E-state index >= 15 is 0 Å². The molecule has 0 fully saturated rings. The summed E-state index contributed by atoms with van der Waals surface area (Å²) in [5.74, 6) is -1.21. The molecule has 1 aromatic heterocycles. The summed E-state index contributed by atoms with van der Waals surface area (Å²) in [4.78, 5) is 23.6. The van der Waals surface area contributed by atoms with Crippen molar-refractivity contribution in [3.63, 3.8) is 0 Å². The number of hydrogen-bond acceptors (Lipinski definition) is 2. The Balaban J connectivity index is 2.57. The van der Waals surface area contributed by atoms with Gasteiger partial charge in [-0.1, -0.05) is 23.7 Å². The predicted octanol–water partition coefficient (Wildman–Crippen LogP) is 3.17. The van der Waals surface area contributed by atoms with Crippen LogP contribution in [-0.4, -0.2) is 15.6 Å². The summed E-state index contributed by atoms with van der Waals surface area (Å²) in [7, 11) is 0. The van der Waals surface area contributed by atoms with Gasteiger partial charge >= 0.3 is 5.97 Å². The van der Waals surface area contributed by atoms with Gasteiger partial charge in [0.05, 0.1) is 6.54 Å². The lowest BCUT2D eigenvalue weighted by atomic mass is 10.1. The number of halogens is 1. The van der Waals surface area contributed by atoms with Crippen molar-refractivity contribution < 1.29 is 9.90 Å². The Bertz CT molecular complexity index is 778. The lowest BCUT2D eigenvalue weighted by Crippen LogP contribution is -2.29. The monoisotopic (exact) mass is 305 g/mol. The molecule has 0 atom stereocenters. The van der Waals surface area contributed by atoms with Gasteiger partial charge in [-0.05, 0) is 49.6 Å². The molecular weight excluding hydrogens is 290 g/mol. The third-order valence-electron chi connectivity index (χ3n) is 3.46. The van der Waals surface area contributed by atoms with E-state index in [9.17, 15) is 14.7 Å². The number of aromatic carboxylic acids is 1. The number of pyridine rings is 1. The van der Waals surface area contributed by atoms with Gasteiger partial charge in [-0.2, -0.15) is 0 Å². The van der Waals surface area contributed by atoms with Crippen LogP contribution in [0.15, 0.2) is 29.1 Å². The van der Waals surface area contributed by atoms with Crippen LogP contribution in [0.2, 0.25) is 5.02 Å². The second-order valence-electron chi connectivity index (χ2n) is 5.14. The molecule has 0 radical (unpaired) electrons. The molecular formula is C16H16ClNO3. The third-order valence-corrected chi connectivity index (χ3v) is 3.81. The number of aromatic nitrogens is 1. The average molecular weight is 306 g/mol. The first kappa shape index (κ1) is 15.3. The van der Waals surface area contributed by atoms with E-state index in [2.05, 4.69) is 0 Å². The standard InChI is InChI=1S/C16H16ClNO3/c1-9-4-5-12(13(17)6-9)8-18-11(3)7-10(2)14(15(18)19)16(20)21/h4-7H,8H2,1-3H3,(H,20,21). The fourth-order valence-corrected chi connectivity index (χ4v) is 2.63. The second-order valence-corrected chi connectivity index (χ2v) is 5.54. The van der Waals surface area contributed by atoms with Crippen LogP contribution in [0.25, 0.3) is 0 Å². The highest BCUT2D eigenvalue weighted by Crippen LogP contribution is 2.19. The van der Waals surface area contributed by atoms with Crippen LogP contribution in [-0.2, 0) is 6.54 Å². The van der Waals surface area contributed by atoms with Crippen molar-refractivity contribution in [2.24, 2.45) is 0 Å². The van der Waals surface area contributed by atoms with Crippen LogP contribution < -0.4 is 5.56 Å². The Labute approximate surface area is 127 Å². The Hall–Kier alpha value is -2.07. The molecule has 4 nitrogen and oxygen atoms in total. The van der Waals surface area contributed by atoms with E-state index in [4.69, 9.17) is 11.6 Å². The molecule has 0 aliphatic heterocycles. The van der Waals surface area contributed by atoms with Crippen LogP contribution in [0.4, 0.5) is 0 Å². The Morgan fingerprint density at radius 1 is 1.24 bits per heavy atom. The molecule has 0 aliphatic carbocycles. The number of carboxylic acids is 1. The number of benzene rings is 1. The fraction of sp³-hybridized carbons (Fsp3) is 0.250. The molecule has 110 valence electrons.